The lowest BCUT2D eigenvalue weighted by atomic mass is 9.99. The number of likely N-dealkylation sites (tertiary alicyclic amines) is 1. The summed E-state index contributed by atoms with van der Waals surface area (Å²) in [4.78, 5) is 14.5. The van der Waals surface area contributed by atoms with Gasteiger partial charge in [-0.25, -0.2) is 4.39 Å². The molecule has 1 fully saturated rings. The molecule has 3 rings (SSSR count). The number of piperidine rings is 1. The maximum atomic E-state index is 14.0. The van der Waals surface area contributed by atoms with E-state index in [0.29, 0.717) is 16.8 Å². The molecule has 0 unspecified atom stereocenters. The van der Waals surface area contributed by atoms with E-state index in [2.05, 4.69) is 17.1 Å². The molecule has 24 heavy (non-hydrogen) atoms. The summed E-state index contributed by atoms with van der Waals surface area (Å²) in [5.74, 6) is 0.444. The number of rotatable bonds is 4. The summed E-state index contributed by atoms with van der Waals surface area (Å²) in [5.41, 5.74) is 0.386. The minimum atomic E-state index is -0.344. The van der Waals surface area contributed by atoms with Crippen LogP contribution in [-0.4, -0.2) is 43.9 Å². The summed E-state index contributed by atoms with van der Waals surface area (Å²) in [5, 5.41) is 8.16. The van der Waals surface area contributed by atoms with Crippen LogP contribution in [0.15, 0.2) is 35.7 Å². The van der Waals surface area contributed by atoms with Gasteiger partial charge in [-0.3, -0.25) is 9.36 Å². The van der Waals surface area contributed by atoms with E-state index in [-0.39, 0.29) is 17.0 Å². The van der Waals surface area contributed by atoms with Crippen LogP contribution >= 0.6 is 11.8 Å². The number of halogens is 1. The maximum Gasteiger partial charge on any atom is 0.235 e. The predicted molar refractivity (Wildman–Crippen MR) is 91.6 cm³/mol. The molecule has 0 saturated carbocycles. The molecule has 1 aliphatic heterocycles. The van der Waals surface area contributed by atoms with Crippen LogP contribution in [0.1, 0.15) is 26.7 Å². The lowest BCUT2D eigenvalue weighted by Gasteiger charge is -2.31. The third-order valence-corrected chi connectivity index (χ3v) is 5.40. The van der Waals surface area contributed by atoms with E-state index in [9.17, 15) is 9.18 Å². The van der Waals surface area contributed by atoms with Crippen molar-refractivity contribution in [2.75, 3.05) is 13.1 Å². The molecule has 1 atom stereocenters. The van der Waals surface area contributed by atoms with Crippen LogP contribution in [0.3, 0.4) is 0 Å². The molecule has 128 valence electrons. The summed E-state index contributed by atoms with van der Waals surface area (Å²) < 4.78 is 15.6. The van der Waals surface area contributed by atoms with Crippen LogP contribution in [-0.2, 0) is 4.79 Å². The van der Waals surface area contributed by atoms with Crippen LogP contribution in [0, 0.1) is 11.7 Å². The molecule has 7 heteroatoms. The highest BCUT2D eigenvalue weighted by molar-refractivity contribution is 8.00. The second kappa shape index (κ2) is 7.34. The number of hydrogen-bond donors (Lipinski definition) is 0. The van der Waals surface area contributed by atoms with E-state index in [1.807, 2.05) is 11.8 Å². The predicted octanol–water partition coefficient (Wildman–Crippen LogP) is 3.15. The summed E-state index contributed by atoms with van der Waals surface area (Å²) >= 11 is 1.31. The van der Waals surface area contributed by atoms with Crippen molar-refractivity contribution in [2.45, 2.75) is 37.1 Å². The molecule has 1 aromatic carbocycles. The minimum Gasteiger partial charge on any atom is -0.342 e. The zero-order valence-electron chi connectivity index (χ0n) is 13.9. The first kappa shape index (κ1) is 17.0. The van der Waals surface area contributed by atoms with Gasteiger partial charge in [0.25, 0.3) is 0 Å². The zero-order chi connectivity index (χ0) is 17.1. The molecule has 1 aliphatic rings. The third kappa shape index (κ3) is 3.61. The number of para-hydroxylation sites is 1. The molecule has 1 saturated heterocycles. The molecule has 0 aliphatic carbocycles. The molecule has 0 radical (unpaired) electrons. The van der Waals surface area contributed by atoms with Gasteiger partial charge in [0.05, 0.1) is 10.9 Å². The Labute approximate surface area is 145 Å². The fourth-order valence-electron chi connectivity index (χ4n) is 2.81. The second-order valence-corrected chi connectivity index (χ2v) is 7.51. The number of amides is 1. The van der Waals surface area contributed by atoms with Gasteiger partial charge >= 0.3 is 0 Å². The number of nitrogens with zero attached hydrogens (tertiary/aromatic N) is 4. The fraction of sp³-hybridized carbons (Fsp3) is 0.471. The van der Waals surface area contributed by atoms with E-state index in [1.54, 1.807) is 22.8 Å². The molecule has 0 bridgehead atoms. The lowest BCUT2D eigenvalue weighted by molar-refractivity contribution is -0.131. The highest BCUT2D eigenvalue weighted by atomic mass is 32.2. The van der Waals surface area contributed by atoms with Crippen molar-refractivity contribution in [1.82, 2.24) is 19.7 Å². The number of thioether (sulfide) groups is 1. The molecule has 2 aromatic rings. The number of aromatic nitrogens is 3. The second-order valence-electron chi connectivity index (χ2n) is 6.20. The quantitative estimate of drug-likeness (QED) is 0.797. The Hall–Kier alpha value is -1.89. The van der Waals surface area contributed by atoms with E-state index in [4.69, 9.17) is 0 Å². The molecule has 5 nitrogen and oxygen atoms in total. The number of carbonyl (C=O) groups is 1. The van der Waals surface area contributed by atoms with Gasteiger partial charge in [0, 0.05) is 13.1 Å². The van der Waals surface area contributed by atoms with Crippen LogP contribution in [0.25, 0.3) is 5.69 Å². The van der Waals surface area contributed by atoms with Crippen LogP contribution in [0.2, 0.25) is 0 Å². The van der Waals surface area contributed by atoms with Crippen LogP contribution < -0.4 is 0 Å². The minimum absolute atomic E-state index is 0.106. The Balaban J connectivity index is 1.72. The van der Waals surface area contributed by atoms with Crippen molar-refractivity contribution < 1.29 is 9.18 Å². The Morgan fingerprint density at radius 2 is 2.04 bits per heavy atom. The molecular weight excluding hydrogens is 327 g/mol. The van der Waals surface area contributed by atoms with Gasteiger partial charge in [0.1, 0.15) is 12.1 Å². The summed E-state index contributed by atoms with van der Waals surface area (Å²) in [7, 11) is 0. The summed E-state index contributed by atoms with van der Waals surface area (Å²) in [6, 6.07) is 6.46. The Morgan fingerprint density at radius 3 is 2.75 bits per heavy atom. The monoisotopic (exact) mass is 348 g/mol. The first-order valence-corrected chi connectivity index (χ1v) is 9.04. The fourth-order valence-corrected chi connectivity index (χ4v) is 3.73. The molecule has 1 aromatic heterocycles. The average molecular weight is 348 g/mol. The topological polar surface area (TPSA) is 51.0 Å². The zero-order valence-corrected chi connectivity index (χ0v) is 14.7. The SMILES string of the molecule is CC1CCN(C(=O)[C@@H](C)Sc2nncn2-c2ccccc2F)CC1. The standard InChI is InChI=1S/C17H21FN4OS/c1-12-7-9-21(10-8-12)16(23)13(2)24-17-20-19-11-22(17)15-6-4-3-5-14(15)18/h3-6,11-13H,7-10H2,1-2H3/t13-/m1/s1. The molecule has 2 heterocycles. The lowest BCUT2D eigenvalue weighted by Crippen LogP contribution is -2.41. The molecular formula is C17H21FN4OS. The largest absolute Gasteiger partial charge is 0.342 e. The van der Waals surface area contributed by atoms with Crippen molar-refractivity contribution in [2.24, 2.45) is 5.92 Å². The van der Waals surface area contributed by atoms with Crippen molar-refractivity contribution in [3.8, 4) is 5.69 Å². The van der Waals surface area contributed by atoms with Gasteiger partial charge < -0.3 is 4.90 Å². The van der Waals surface area contributed by atoms with Gasteiger partial charge in [0.2, 0.25) is 5.91 Å². The van der Waals surface area contributed by atoms with Crippen molar-refractivity contribution in [3.63, 3.8) is 0 Å². The van der Waals surface area contributed by atoms with Gasteiger partial charge in [-0.2, -0.15) is 0 Å². The number of benzene rings is 1. The molecule has 0 N–H and O–H groups in total. The summed E-state index contributed by atoms with van der Waals surface area (Å²) in [6.07, 6.45) is 3.57. The number of carbonyl (C=O) groups excluding carboxylic acids is 1. The average Bonchev–Trinajstić information content (AvgIpc) is 3.03. The summed E-state index contributed by atoms with van der Waals surface area (Å²) in [6.45, 7) is 5.71. The van der Waals surface area contributed by atoms with Gasteiger partial charge in [-0.1, -0.05) is 30.8 Å². The Kier molecular flexibility index (Phi) is 5.18. The smallest absolute Gasteiger partial charge is 0.235 e. The van der Waals surface area contributed by atoms with Gasteiger partial charge in [0.15, 0.2) is 5.16 Å². The Morgan fingerprint density at radius 1 is 1.33 bits per heavy atom. The van der Waals surface area contributed by atoms with Crippen LogP contribution in [0.5, 0.6) is 0 Å². The van der Waals surface area contributed by atoms with E-state index in [0.717, 1.165) is 25.9 Å². The van der Waals surface area contributed by atoms with E-state index >= 15 is 0 Å². The molecule has 1 amide bonds. The normalized spacial score (nSPS) is 17.0. The van der Waals surface area contributed by atoms with Crippen molar-refractivity contribution in [1.29, 1.82) is 0 Å². The van der Waals surface area contributed by atoms with Crippen LogP contribution in [0.4, 0.5) is 4.39 Å². The van der Waals surface area contributed by atoms with Gasteiger partial charge in [-0.15, -0.1) is 10.2 Å². The van der Waals surface area contributed by atoms with Crippen molar-refractivity contribution in [3.05, 3.63) is 36.4 Å². The third-order valence-electron chi connectivity index (χ3n) is 4.35. The van der Waals surface area contributed by atoms with E-state index in [1.165, 1.54) is 24.2 Å². The Bertz CT molecular complexity index is 712. The first-order chi connectivity index (χ1) is 11.6. The van der Waals surface area contributed by atoms with Gasteiger partial charge in [-0.05, 0) is 37.8 Å². The first-order valence-electron chi connectivity index (χ1n) is 8.16. The molecule has 0 spiro atoms. The van der Waals surface area contributed by atoms with E-state index < -0.39 is 0 Å². The highest BCUT2D eigenvalue weighted by Gasteiger charge is 2.26. The number of hydrogen-bond acceptors (Lipinski definition) is 4. The maximum absolute atomic E-state index is 14.0. The highest BCUT2D eigenvalue weighted by Crippen LogP contribution is 2.27. The van der Waals surface area contributed by atoms with Crippen molar-refractivity contribution >= 4 is 17.7 Å².